The standard InChI is InChI=1S/C13H16N2O3S2/c1-15(9-11-4-3-7-19-11)20(16,17)13-6-5-10(18-2)8-12(13)14/h3-8H,9,14H2,1-2H3. The van der Waals surface area contributed by atoms with Crippen LogP contribution in [0, 0.1) is 0 Å². The van der Waals surface area contributed by atoms with Crippen LogP contribution in [0.1, 0.15) is 4.88 Å². The summed E-state index contributed by atoms with van der Waals surface area (Å²) in [6.45, 7) is 0.325. The van der Waals surface area contributed by atoms with Crippen molar-refractivity contribution in [1.29, 1.82) is 0 Å². The number of nitrogen functional groups attached to an aromatic ring is 1. The quantitative estimate of drug-likeness (QED) is 0.859. The van der Waals surface area contributed by atoms with Crippen LogP contribution in [-0.4, -0.2) is 26.9 Å². The highest BCUT2D eigenvalue weighted by Crippen LogP contribution is 2.27. The molecule has 5 nitrogen and oxygen atoms in total. The molecule has 7 heteroatoms. The molecular weight excluding hydrogens is 296 g/mol. The van der Waals surface area contributed by atoms with Gasteiger partial charge in [-0.25, -0.2) is 8.42 Å². The minimum atomic E-state index is -3.61. The Morgan fingerprint density at radius 1 is 1.35 bits per heavy atom. The Morgan fingerprint density at radius 2 is 2.10 bits per heavy atom. The monoisotopic (exact) mass is 312 g/mol. The molecule has 1 aromatic heterocycles. The van der Waals surface area contributed by atoms with Crippen molar-refractivity contribution in [3.63, 3.8) is 0 Å². The van der Waals surface area contributed by atoms with Crippen LogP contribution in [0.15, 0.2) is 40.6 Å². The van der Waals surface area contributed by atoms with Crippen molar-refractivity contribution in [3.05, 3.63) is 40.6 Å². The van der Waals surface area contributed by atoms with Gasteiger partial charge in [-0.3, -0.25) is 0 Å². The third-order valence-electron chi connectivity index (χ3n) is 2.86. The first-order valence-corrected chi connectivity index (χ1v) is 8.19. The van der Waals surface area contributed by atoms with Gasteiger partial charge in [-0.1, -0.05) is 6.07 Å². The number of thiophene rings is 1. The highest BCUT2D eigenvalue weighted by atomic mass is 32.2. The second-order valence-electron chi connectivity index (χ2n) is 4.24. The summed E-state index contributed by atoms with van der Waals surface area (Å²) in [6.07, 6.45) is 0. The zero-order chi connectivity index (χ0) is 14.8. The van der Waals surface area contributed by atoms with Gasteiger partial charge >= 0.3 is 0 Å². The number of rotatable bonds is 5. The molecule has 0 unspecified atom stereocenters. The van der Waals surface area contributed by atoms with Crippen LogP contribution < -0.4 is 10.5 Å². The Labute approximate surface area is 122 Å². The summed E-state index contributed by atoms with van der Waals surface area (Å²) in [6, 6.07) is 8.35. The van der Waals surface area contributed by atoms with E-state index in [9.17, 15) is 8.42 Å². The third-order valence-corrected chi connectivity index (χ3v) is 5.60. The molecule has 0 radical (unpaired) electrons. The lowest BCUT2D eigenvalue weighted by Crippen LogP contribution is -2.26. The lowest BCUT2D eigenvalue weighted by molar-refractivity contribution is 0.414. The van der Waals surface area contributed by atoms with E-state index in [1.807, 2.05) is 17.5 Å². The second kappa shape index (κ2) is 5.82. The molecule has 2 rings (SSSR count). The maximum Gasteiger partial charge on any atom is 0.245 e. The van der Waals surface area contributed by atoms with E-state index in [0.29, 0.717) is 12.3 Å². The summed E-state index contributed by atoms with van der Waals surface area (Å²) >= 11 is 1.52. The van der Waals surface area contributed by atoms with E-state index in [-0.39, 0.29) is 10.6 Å². The number of methoxy groups -OCH3 is 1. The molecular formula is C13H16N2O3S2. The molecule has 1 heterocycles. The van der Waals surface area contributed by atoms with E-state index in [2.05, 4.69) is 0 Å². The number of hydrogen-bond acceptors (Lipinski definition) is 5. The van der Waals surface area contributed by atoms with Gasteiger partial charge in [-0.2, -0.15) is 4.31 Å². The number of anilines is 1. The second-order valence-corrected chi connectivity index (χ2v) is 7.29. The van der Waals surface area contributed by atoms with Crippen LogP contribution in [0.4, 0.5) is 5.69 Å². The normalized spacial score (nSPS) is 11.8. The van der Waals surface area contributed by atoms with Gasteiger partial charge in [-0.15, -0.1) is 11.3 Å². The van der Waals surface area contributed by atoms with E-state index in [1.54, 1.807) is 13.1 Å². The van der Waals surface area contributed by atoms with Crippen LogP contribution in [0.25, 0.3) is 0 Å². The van der Waals surface area contributed by atoms with Crippen LogP contribution in [0.5, 0.6) is 5.75 Å². The maximum absolute atomic E-state index is 12.5. The minimum absolute atomic E-state index is 0.0948. The molecule has 108 valence electrons. The van der Waals surface area contributed by atoms with Crippen LogP contribution in [0.3, 0.4) is 0 Å². The van der Waals surface area contributed by atoms with Gasteiger partial charge in [0.2, 0.25) is 10.0 Å². The minimum Gasteiger partial charge on any atom is -0.497 e. The van der Waals surface area contributed by atoms with Gasteiger partial charge in [-0.05, 0) is 23.6 Å². The molecule has 0 bridgehead atoms. The number of nitrogens with zero attached hydrogens (tertiary/aromatic N) is 1. The SMILES string of the molecule is COc1ccc(S(=O)(=O)N(C)Cc2cccs2)c(N)c1. The molecule has 0 aliphatic carbocycles. The zero-order valence-corrected chi connectivity index (χ0v) is 12.9. The molecule has 0 fully saturated rings. The highest BCUT2D eigenvalue weighted by molar-refractivity contribution is 7.89. The van der Waals surface area contributed by atoms with Crippen molar-refractivity contribution in [2.24, 2.45) is 0 Å². The lowest BCUT2D eigenvalue weighted by Gasteiger charge is -2.18. The van der Waals surface area contributed by atoms with Crippen LogP contribution >= 0.6 is 11.3 Å². The largest absolute Gasteiger partial charge is 0.497 e. The van der Waals surface area contributed by atoms with Crippen LogP contribution in [-0.2, 0) is 16.6 Å². The molecule has 0 aliphatic heterocycles. The van der Waals surface area contributed by atoms with E-state index < -0.39 is 10.0 Å². The summed E-state index contributed by atoms with van der Waals surface area (Å²) in [4.78, 5) is 1.07. The smallest absolute Gasteiger partial charge is 0.245 e. The fourth-order valence-electron chi connectivity index (χ4n) is 1.76. The van der Waals surface area contributed by atoms with E-state index in [4.69, 9.17) is 10.5 Å². The Morgan fingerprint density at radius 3 is 2.65 bits per heavy atom. The fraction of sp³-hybridized carbons (Fsp3) is 0.231. The molecule has 0 aliphatic rings. The number of benzene rings is 1. The average molecular weight is 312 g/mol. The van der Waals surface area contributed by atoms with Gasteiger partial charge in [0.05, 0.1) is 12.8 Å². The van der Waals surface area contributed by atoms with Crippen molar-refractivity contribution in [2.45, 2.75) is 11.4 Å². The van der Waals surface area contributed by atoms with E-state index in [1.165, 1.54) is 34.9 Å². The molecule has 1 aromatic carbocycles. The summed E-state index contributed by atoms with van der Waals surface area (Å²) in [7, 11) is -0.565. The molecule has 2 N–H and O–H groups in total. The summed E-state index contributed by atoms with van der Waals surface area (Å²) < 4.78 is 31.3. The first-order valence-electron chi connectivity index (χ1n) is 5.87. The maximum atomic E-state index is 12.5. The third kappa shape index (κ3) is 2.95. The first kappa shape index (κ1) is 14.8. The van der Waals surface area contributed by atoms with Gasteiger partial charge < -0.3 is 10.5 Å². The number of ether oxygens (including phenoxy) is 1. The Balaban J connectivity index is 2.30. The average Bonchev–Trinajstić information content (AvgIpc) is 2.91. The van der Waals surface area contributed by atoms with E-state index >= 15 is 0 Å². The van der Waals surface area contributed by atoms with Crippen LogP contribution in [0.2, 0.25) is 0 Å². The molecule has 0 atom stereocenters. The Kier molecular flexibility index (Phi) is 4.32. The van der Waals surface area contributed by atoms with Crippen molar-refractivity contribution >= 4 is 27.0 Å². The summed E-state index contributed by atoms with van der Waals surface area (Å²) in [5.41, 5.74) is 5.99. The first-order chi connectivity index (χ1) is 9.45. The molecule has 0 amide bonds. The van der Waals surface area contributed by atoms with Crippen molar-refractivity contribution < 1.29 is 13.2 Å². The zero-order valence-electron chi connectivity index (χ0n) is 11.2. The van der Waals surface area contributed by atoms with Crippen molar-refractivity contribution in [3.8, 4) is 5.75 Å². The molecule has 2 aromatic rings. The fourth-order valence-corrected chi connectivity index (χ4v) is 3.84. The Bertz CT molecular complexity index is 682. The topological polar surface area (TPSA) is 72.6 Å². The summed E-state index contributed by atoms with van der Waals surface area (Å²) in [5, 5.41) is 1.91. The van der Waals surface area contributed by atoms with Crippen molar-refractivity contribution in [2.75, 3.05) is 19.9 Å². The molecule has 0 saturated heterocycles. The predicted octanol–water partition coefficient (Wildman–Crippen LogP) is 2.16. The predicted molar refractivity (Wildman–Crippen MR) is 80.4 cm³/mol. The van der Waals surface area contributed by atoms with Gasteiger partial charge in [0.15, 0.2) is 0 Å². The lowest BCUT2D eigenvalue weighted by atomic mass is 10.3. The molecule has 0 spiro atoms. The van der Waals surface area contributed by atoms with Gasteiger partial charge in [0.1, 0.15) is 10.6 Å². The van der Waals surface area contributed by atoms with E-state index in [0.717, 1.165) is 4.88 Å². The number of hydrogen-bond donors (Lipinski definition) is 1. The summed E-state index contributed by atoms with van der Waals surface area (Å²) in [5.74, 6) is 0.530. The molecule has 0 saturated carbocycles. The van der Waals surface area contributed by atoms with Crippen molar-refractivity contribution in [1.82, 2.24) is 4.31 Å². The highest BCUT2D eigenvalue weighted by Gasteiger charge is 2.23. The number of sulfonamides is 1. The van der Waals surface area contributed by atoms with Gasteiger partial charge in [0.25, 0.3) is 0 Å². The molecule has 20 heavy (non-hydrogen) atoms. The Hall–Kier alpha value is -1.57. The number of nitrogens with two attached hydrogens (primary N) is 1. The van der Waals surface area contributed by atoms with Gasteiger partial charge in [0, 0.05) is 24.5 Å².